The Bertz CT molecular complexity index is 3090. The first-order valence-corrected chi connectivity index (χ1v) is 31.5. The number of allylic oxidation sites excluding steroid dienone is 6. The molecule has 3 aliphatic rings. The monoisotopic (exact) mass is 1440 g/mol. The SMILES string of the molecule is C=CCNC1=C2C[C@@H](C)C[C@H](OC)[C@H](O)[C@@H](C)/C=C(\C)[C@H](OC(N)=O)[C@@H](OC)/C=C\C=C(/C)C(=O)NC(=CC1=O)C2=O.C=CC[NH2+]c1c(O)cc2c(O)c1C[C@@H](C)C[C@H](OC)[C@H](O)[C@@H](C)/C=C(\C)[C@H](OC(N)=O)[C@@H](OC)/C=C\C=C(/C)C(=O)N2.Cl.NCCC(=O)Cl.[Cl-].[NH3+]CCC(=O)[O-]. The van der Waals surface area contributed by atoms with Crippen molar-refractivity contribution in [2.75, 3.05) is 59.9 Å². The van der Waals surface area contributed by atoms with Crippen LogP contribution in [0.3, 0.4) is 0 Å². The Hall–Kier alpha value is -7.51. The van der Waals surface area contributed by atoms with Crippen LogP contribution in [-0.4, -0.2) is 171 Å². The molecular formula is C68H103Cl3N8O19. The lowest BCUT2D eigenvalue weighted by Crippen LogP contribution is -3.00. The summed E-state index contributed by atoms with van der Waals surface area (Å²) in [6.07, 6.45) is 10.5. The van der Waals surface area contributed by atoms with Crippen LogP contribution in [0, 0.1) is 23.7 Å². The number of carboxylic acid groups (broad SMARTS) is 1. The van der Waals surface area contributed by atoms with Crippen LogP contribution < -0.4 is 61.7 Å². The Morgan fingerprint density at radius 1 is 0.765 bits per heavy atom. The molecule has 12 atom stereocenters. The van der Waals surface area contributed by atoms with Gasteiger partial charge in [-0.1, -0.05) is 89.0 Å². The Morgan fingerprint density at radius 3 is 1.61 bits per heavy atom. The number of Topliss-reactive ketones (excluding diaryl/α,β-unsaturated/α-hetero) is 1. The number of carboxylic acids is 1. The third kappa shape index (κ3) is 31.6. The third-order valence-electron chi connectivity index (χ3n) is 15.3. The number of rotatable bonds is 16. The number of amides is 4. The van der Waals surface area contributed by atoms with Gasteiger partial charge in [0.1, 0.15) is 18.0 Å². The smallest absolute Gasteiger partial charge is 0.405 e. The number of ketones is 2. The maximum Gasteiger partial charge on any atom is 0.405 e. The first-order valence-electron chi connectivity index (χ1n) is 31.1. The first kappa shape index (κ1) is 92.5. The zero-order valence-corrected chi connectivity index (χ0v) is 60.3. The number of phenols is 2. The van der Waals surface area contributed by atoms with Crippen LogP contribution in [0.5, 0.6) is 11.5 Å². The van der Waals surface area contributed by atoms with Crippen LogP contribution >= 0.6 is 24.0 Å². The molecule has 4 bridgehead atoms. The number of aliphatic carboxylic acids is 1. The number of methoxy groups -OCH3 is 4. The molecule has 18 N–H and O–H groups in total. The van der Waals surface area contributed by atoms with Gasteiger partial charge in [-0.05, 0) is 94.0 Å². The summed E-state index contributed by atoms with van der Waals surface area (Å²) in [5, 5.41) is 63.7. The van der Waals surface area contributed by atoms with E-state index < -0.39 is 102 Å². The van der Waals surface area contributed by atoms with Crippen molar-refractivity contribution < 1.29 is 116 Å². The quantitative estimate of drug-likeness (QED) is 0.0266. The van der Waals surface area contributed by atoms with Gasteiger partial charge in [0.2, 0.25) is 16.8 Å². The molecule has 98 heavy (non-hydrogen) atoms. The molecule has 2 heterocycles. The number of ether oxygens (including phenoxy) is 6. The van der Waals surface area contributed by atoms with Crippen molar-refractivity contribution in [2.24, 2.45) is 40.9 Å². The predicted molar refractivity (Wildman–Crippen MR) is 367 cm³/mol. The lowest BCUT2D eigenvalue weighted by molar-refractivity contribution is -0.562. The van der Waals surface area contributed by atoms with E-state index in [0.29, 0.717) is 66.9 Å². The average molecular weight is 1440 g/mol. The number of aliphatic hydroxyl groups excluding tert-OH is 2. The van der Waals surface area contributed by atoms with E-state index in [9.17, 15) is 63.9 Å². The Balaban J connectivity index is 0. The van der Waals surface area contributed by atoms with Gasteiger partial charge in [-0.2, -0.15) is 0 Å². The second-order valence-corrected chi connectivity index (χ2v) is 23.6. The number of primary amides is 2. The number of quaternary nitrogens is 2. The van der Waals surface area contributed by atoms with Crippen molar-refractivity contribution >= 4 is 82.2 Å². The van der Waals surface area contributed by atoms with Crippen molar-refractivity contribution in [3.8, 4) is 11.5 Å². The largest absolute Gasteiger partial charge is 1.00 e. The highest BCUT2D eigenvalue weighted by molar-refractivity contribution is 6.63. The van der Waals surface area contributed by atoms with Gasteiger partial charge < -0.3 is 115 Å². The number of benzene rings is 1. The molecule has 550 valence electrons. The maximum absolute atomic E-state index is 13.5. The van der Waals surface area contributed by atoms with Crippen molar-refractivity contribution in [2.45, 2.75) is 143 Å². The molecule has 0 fully saturated rings. The summed E-state index contributed by atoms with van der Waals surface area (Å²) in [5.41, 5.74) is 21.9. The summed E-state index contributed by atoms with van der Waals surface area (Å²) >= 11 is 4.86. The molecule has 30 heteroatoms. The average Bonchev–Trinajstić information content (AvgIpc) is 0.853. The van der Waals surface area contributed by atoms with Crippen LogP contribution in [-0.2, 0) is 63.6 Å². The fourth-order valence-electron chi connectivity index (χ4n) is 10.3. The molecule has 1 aromatic carbocycles. The lowest BCUT2D eigenvalue weighted by Gasteiger charge is -2.30. The van der Waals surface area contributed by atoms with Crippen LogP contribution in [0.2, 0.25) is 0 Å². The molecule has 1 aromatic rings. The normalized spacial score (nSPS) is 27.1. The van der Waals surface area contributed by atoms with Gasteiger partial charge in [0.25, 0.3) is 11.8 Å². The lowest BCUT2D eigenvalue weighted by atomic mass is 9.85. The summed E-state index contributed by atoms with van der Waals surface area (Å²) in [4.78, 5) is 95.2. The molecule has 0 radical (unpaired) electrons. The van der Waals surface area contributed by atoms with Crippen LogP contribution in [0.1, 0.15) is 93.1 Å². The summed E-state index contributed by atoms with van der Waals surface area (Å²) in [6.45, 7) is 23.0. The minimum absolute atomic E-state index is 0. The third-order valence-corrected chi connectivity index (χ3v) is 15.5. The van der Waals surface area contributed by atoms with Crippen LogP contribution in [0.25, 0.3) is 0 Å². The number of anilines is 1. The minimum atomic E-state index is -1.02. The summed E-state index contributed by atoms with van der Waals surface area (Å²) in [7, 11) is 5.88. The molecule has 4 amide bonds. The van der Waals surface area contributed by atoms with Gasteiger partial charge in [0.05, 0.1) is 60.2 Å². The molecule has 27 nitrogen and oxygen atoms in total. The standard InChI is InChI=1S/C31H45N3O8.C31H43N3O8.C3H6ClNO.C3H7NO2.2ClH/c2*1-8-12-33-26-21-13-17(2)14-25(41-7)27(36)19(4)15-20(5)29(42-31(32)39)24(40-6)11-9-10-18(3)30(38)34-22(28(21)37)16-23(26)35;4-3(6)1-2-5;4-2-1-3(5)6;;/h8-11,15-17,19,24-25,27,29,33,35-37H,1,12-14H2,2-7H3,(H2,32,39)(H,34,38);8-11,15-17,19,24-25,27,29,33,36H,1,12-14H2,2-7H3,(H2,32,39)(H,34,38);1-2,5H2;1-2,4H2,(H,5,6);2*1H/b2*11-9-,18-10+,20-15+;;;;/t2*17-,19+,24+,25+,27-,29+;;;;/m11..../s1. The van der Waals surface area contributed by atoms with E-state index in [4.69, 9.17) is 57.2 Å². The summed E-state index contributed by atoms with van der Waals surface area (Å²) < 4.78 is 33.2. The number of aliphatic hydroxyl groups is 2. The molecule has 4 rings (SSSR count). The second-order valence-electron chi connectivity index (χ2n) is 23.2. The molecular weight excluding hydrogens is 1340 g/mol. The van der Waals surface area contributed by atoms with E-state index in [1.807, 2.05) is 20.8 Å². The van der Waals surface area contributed by atoms with Crippen LogP contribution in [0.4, 0.5) is 21.0 Å². The van der Waals surface area contributed by atoms with E-state index in [0.717, 1.165) is 6.08 Å². The summed E-state index contributed by atoms with van der Waals surface area (Å²) in [6, 6.07) is 1.31. The molecule has 0 saturated heterocycles. The first-order chi connectivity index (χ1) is 45.2. The molecule has 1 aliphatic carbocycles. The number of hydrogen-bond donors (Lipinski definition) is 12. The highest BCUT2D eigenvalue weighted by Crippen LogP contribution is 2.41. The van der Waals surface area contributed by atoms with Crippen molar-refractivity contribution in [1.82, 2.24) is 10.6 Å². The molecule has 0 aromatic heterocycles. The Morgan fingerprint density at radius 2 is 1.23 bits per heavy atom. The molecule has 0 saturated carbocycles. The summed E-state index contributed by atoms with van der Waals surface area (Å²) in [5.74, 6) is -4.45. The van der Waals surface area contributed by atoms with Crippen LogP contribution in [0.15, 0.2) is 125 Å². The molecule has 0 spiro atoms. The van der Waals surface area contributed by atoms with E-state index in [1.165, 1.54) is 46.7 Å². The number of halogens is 3. The fourth-order valence-corrected chi connectivity index (χ4v) is 10.4. The fraction of sp³-hybridized carbons (Fsp3) is 0.500. The highest BCUT2D eigenvalue weighted by Gasteiger charge is 2.35. The van der Waals surface area contributed by atoms with Gasteiger partial charge in [-0.3, -0.25) is 24.0 Å². The van der Waals surface area contributed by atoms with E-state index >= 15 is 0 Å². The highest BCUT2D eigenvalue weighted by atomic mass is 35.5. The number of carbonyl (C=O) groups excluding carboxylic acids is 8. The zero-order valence-electron chi connectivity index (χ0n) is 57.9. The minimum Gasteiger partial charge on any atom is -1.00 e. The zero-order chi connectivity index (χ0) is 73.1. The van der Waals surface area contributed by atoms with Gasteiger partial charge in [0.15, 0.2) is 23.6 Å². The van der Waals surface area contributed by atoms with Gasteiger partial charge in [0, 0.05) is 101 Å². The second kappa shape index (κ2) is 48.3. The number of nitrogens with two attached hydrogens (primary N) is 4. The van der Waals surface area contributed by atoms with E-state index in [-0.39, 0.29) is 107 Å². The molecule has 2 aliphatic heterocycles. The number of hydrogen-bond acceptors (Lipinski definition) is 21. The Labute approximate surface area is 591 Å². The van der Waals surface area contributed by atoms with Crippen molar-refractivity contribution in [1.29, 1.82) is 0 Å². The van der Waals surface area contributed by atoms with Gasteiger partial charge >= 0.3 is 12.2 Å². The van der Waals surface area contributed by atoms with Gasteiger partial charge in [-0.25, -0.2) is 9.59 Å². The number of phenolic OH excluding ortho intramolecular Hbond substituents is 2. The van der Waals surface area contributed by atoms with Gasteiger partial charge in [-0.15, -0.1) is 19.0 Å². The van der Waals surface area contributed by atoms with E-state index in [2.05, 4.69) is 34.8 Å². The van der Waals surface area contributed by atoms with Crippen molar-refractivity contribution in [3.05, 3.63) is 131 Å². The molecule has 0 unspecified atom stereocenters. The number of aromatic hydroxyl groups is 2. The Kier molecular flexibility index (Phi) is 45.6. The predicted octanol–water partition coefficient (Wildman–Crippen LogP) is 0.371. The van der Waals surface area contributed by atoms with E-state index in [1.54, 1.807) is 88.5 Å². The number of fused-ring (bicyclic) bond motifs is 4. The van der Waals surface area contributed by atoms with Crippen molar-refractivity contribution in [3.63, 3.8) is 0 Å². The number of carbonyl (C=O) groups is 8. The number of nitrogens with one attached hydrogen (secondary N) is 3. The maximum atomic E-state index is 13.5. The topological polar surface area (TPSA) is 454 Å².